The number of hydrogen-bond acceptors (Lipinski definition) is 4. The lowest BCUT2D eigenvalue weighted by Gasteiger charge is -2.24. The van der Waals surface area contributed by atoms with Crippen molar-refractivity contribution < 1.29 is 26.8 Å². The molecule has 0 saturated carbocycles. The van der Waals surface area contributed by atoms with Crippen LogP contribution in [0.15, 0.2) is 56.1 Å². The first-order valence-corrected chi connectivity index (χ1v) is 10.8. The molecule has 5 heterocycles. The van der Waals surface area contributed by atoms with Crippen LogP contribution in [0.4, 0.5) is 18.9 Å². The second-order valence-corrected chi connectivity index (χ2v) is 8.84. The zero-order valence-corrected chi connectivity index (χ0v) is 18.3. The number of furan rings is 2. The molecule has 0 aliphatic carbocycles. The molecule has 1 spiro atoms. The highest BCUT2D eigenvalue weighted by molar-refractivity contribution is 6.10. The summed E-state index contributed by atoms with van der Waals surface area (Å²) in [6, 6.07) is 11.0. The van der Waals surface area contributed by atoms with E-state index in [0.29, 0.717) is 46.6 Å². The van der Waals surface area contributed by atoms with Crippen molar-refractivity contribution in [3.05, 3.63) is 86.9 Å². The largest absolute Gasteiger partial charge is 0.461 e. The molecule has 0 N–H and O–H groups in total. The molecule has 1 atom stereocenters. The number of para-hydroxylation sites is 1. The van der Waals surface area contributed by atoms with Gasteiger partial charge >= 0.3 is 6.18 Å². The van der Waals surface area contributed by atoms with Gasteiger partial charge in [0, 0.05) is 29.6 Å². The fourth-order valence-electron chi connectivity index (χ4n) is 5.39. The van der Waals surface area contributed by atoms with Crippen molar-refractivity contribution in [2.75, 3.05) is 4.90 Å². The maximum atomic E-state index is 14.0. The Morgan fingerprint density at radius 3 is 2.56 bits per heavy atom. The Hall–Kier alpha value is -3.75. The van der Waals surface area contributed by atoms with Gasteiger partial charge < -0.3 is 18.3 Å². The molecule has 0 bridgehead atoms. The number of aryl methyl sites for hydroxylation is 2. The average molecular weight is 468 g/mol. The fraction of sp³-hybridized carbons (Fsp3) is 0.280. The SMILES string of the molecule is Cc1oc2cc3n(c(=O)c2c1C)CCC31C(=O)N(Cc2ccc(C(F)(F)F)o2)c2ccccc21. The normalized spacial score (nSPS) is 19.4. The number of rotatable bonds is 2. The van der Waals surface area contributed by atoms with Crippen LogP contribution in [-0.4, -0.2) is 10.5 Å². The van der Waals surface area contributed by atoms with Gasteiger partial charge in [0.2, 0.25) is 11.7 Å². The highest BCUT2D eigenvalue weighted by atomic mass is 19.4. The highest BCUT2D eigenvalue weighted by Crippen LogP contribution is 2.51. The van der Waals surface area contributed by atoms with E-state index in [9.17, 15) is 22.8 Å². The van der Waals surface area contributed by atoms with Crippen molar-refractivity contribution in [2.45, 2.75) is 44.9 Å². The van der Waals surface area contributed by atoms with E-state index < -0.39 is 17.4 Å². The van der Waals surface area contributed by atoms with Gasteiger partial charge in [-0.15, -0.1) is 0 Å². The fourth-order valence-corrected chi connectivity index (χ4v) is 5.39. The van der Waals surface area contributed by atoms with Gasteiger partial charge in [0.05, 0.1) is 11.9 Å². The third-order valence-electron chi connectivity index (χ3n) is 7.10. The second kappa shape index (κ2) is 6.65. The predicted octanol–water partition coefficient (Wildman–Crippen LogP) is 5.06. The number of anilines is 1. The summed E-state index contributed by atoms with van der Waals surface area (Å²) in [6.45, 7) is 3.81. The summed E-state index contributed by atoms with van der Waals surface area (Å²) in [7, 11) is 0. The number of fused-ring (bicyclic) bond motifs is 5. The van der Waals surface area contributed by atoms with Gasteiger partial charge in [-0.1, -0.05) is 18.2 Å². The molecular weight excluding hydrogens is 449 g/mol. The zero-order valence-electron chi connectivity index (χ0n) is 18.3. The van der Waals surface area contributed by atoms with E-state index in [2.05, 4.69) is 0 Å². The third kappa shape index (κ3) is 2.58. The monoisotopic (exact) mass is 468 g/mol. The zero-order chi connectivity index (χ0) is 24.0. The molecule has 4 aromatic rings. The number of pyridine rings is 1. The summed E-state index contributed by atoms with van der Waals surface area (Å²) in [6.07, 6.45) is -4.24. The van der Waals surface area contributed by atoms with Crippen LogP contribution >= 0.6 is 0 Å². The minimum atomic E-state index is -4.61. The van der Waals surface area contributed by atoms with Gasteiger partial charge in [-0.3, -0.25) is 9.59 Å². The molecule has 1 amide bonds. The van der Waals surface area contributed by atoms with E-state index in [1.54, 1.807) is 29.7 Å². The summed E-state index contributed by atoms with van der Waals surface area (Å²) in [5.41, 5.74) is 1.71. The quantitative estimate of drug-likeness (QED) is 0.413. The lowest BCUT2D eigenvalue weighted by molar-refractivity contribution is -0.153. The van der Waals surface area contributed by atoms with Gasteiger partial charge in [-0.2, -0.15) is 13.2 Å². The van der Waals surface area contributed by atoms with Crippen LogP contribution in [-0.2, 0) is 29.5 Å². The van der Waals surface area contributed by atoms with E-state index in [0.717, 1.165) is 11.6 Å². The maximum absolute atomic E-state index is 14.0. The Balaban J connectivity index is 1.51. The predicted molar refractivity (Wildman–Crippen MR) is 117 cm³/mol. The second-order valence-electron chi connectivity index (χ2n) is 8.84. The molecule has 0 fully saturated rings. The molecule has 2 aliphatic rings. The van der Waals surface area contributed by atoms with Gasteiger partial charge in [-0.25, -0.2) is 0 Å². The van der Waals surface area contributed by atoms with Crippen molar-refractivity contribution in [3.63, 3.8) is 0 Å². The van der Waals surface area contributed by atoms with Crippen molar-refractivity contribution in [1.82, 2.24) is 4.57 Å². The number of hydrogen-bond donors (Lipinski definition) is 0. The molecule has 34 heavy (non-hydrogen) atoms. The van der Waals surface area contributed by atoms with Crippen LogP contribution < -0.4 is 10.5 Å². The van der Waals surface area contributed by atoms with Crippen LogP contribution in [0.5, 0.6) is 0 Å². The number of carbonyl (C=O) groups is 1. The number of amides is 1. The molecule has 6 rings (SSSR count). The van der Waals surface area contributed by atoms with Crippen LogP contribution in [0.2, 0.25) is 0 Å². The number of aromatic nitrogens is 1. The molecular formula is C25H19F3N2O4. The first-order valence-electron chi connectivity index (χ1n) is 10.8. The summed E-state index contributed by atoms with van der Waals surface area (Å²) in [5, 5.41) is 0.504. The van der Waals surface area contributed by atoms with Crippen LogP contribution in [0.1, 0.15) is 40.5 Å². The van der Waals surface area contributed by atoms with Crippen molar-refractivity contribution in [2.24, 2.45) is 0 Å². The standard InChI is InChI=1S/C25H19F3N2O4/c1-13-14(2)33-18-11-19-24(9-10-29(19)22(31)21(13)18)16-5-3-4-6-17(16)30(23(24)32)12-15-7-8-20(34-15)25(26,27)28/h3-8,11H,9-10,12H2,1-2H3. The van der Waals surface area contributed by atoms with E-state index in [4.69, 9.17) is 8.83 Å². The Morgan fingerprint density at radius 2 is 1.82 bits per heavy atom. The van der Waals surface area contributed by atoms with Gasteiger partial charge in [0.15, 0.2) is 0 Å². The topological polar surface area (TPSA) is 68.6 Å². The minimum absolute atomic E-state index is 0.0238. The van der Waals surface area contributed by atoms with Crippen LogP contribution in [0.25, 0.3) is 11.0 Å². The van der Waals surface area contributed by atoms with E-state index in [1.807, 2.05) is 19.1 Å². The van der Waals surface area contributed by atoms with Crippen molar-refractivity contribution in [1.29, 1.82) is 0 Å². The summed E-state index contributed by atoms with van der Waals surface area (Å²) in [5.74, 6) is -0.747. The first kappa shape index (κ1) is 20.8. The van der Waals surface area contributed by atoms with E-state index >= 15 is 0 Å². The Bertz CT molecular complexity index is 1560. The first-order chi connectivity index (χ1) is 16.1. The highest BCUT2D eigenvalue weighted by Gasteiger charge is 2.56. The van der Waals surface area contributed by atoms with Crippen LogP contribution in [0, 0.1) is 13.8 Å². The number of benzene rings is 1. The Kier molecular flexibility index (Phi) is 4.07. The molecule has 9 heteroatoms. The smallest absolute Gasteiger partial charge is 0.449 e. The van der Waals surface area contributed by atoms with Crippen LogP contribution in [0.3, 0.4) is 0 Å². The molecule has 1 aromatic carbocycles. The summed E-state index contributed by atoms with van der Waals surface area (Å²) >= 11 is 0. The van der Waals surface area contributed by atoms with Gasteiger partial charge in [-0.05, 0) is 44.0 Å². The lowest BCUT2D eigenvalue weighted by Crippen LogP contribution is -2.40. The molecule has 0 saturated heterocycles. The van der Waals surface area contributed by atoms with Gasteiger partial charge in [0.1, 0.15) is 22.5 Å². The van der Waals surface area contributed by atoms with E-state index in [1.165, 1.54) is 11.0 Å². The number of alkyl halides is 3. The molecule has 0 radical (unpaired) electrons. The average Bonchev–Trinajstić information content (AvgIpc) is 3.53. The summed E-state index contributed by atoms with van der Waals surface area (Å²) < 4.78 is 51.5. The van der Waals surface area contributed by atoms with Crippen molar-refractivity contribution in [3.8, 4) is 0 Å². The molecule has 1 unspecified atom stereocenters. The molecule has 174 valence electrons. The molecule has 3 aromatic heterocycles. The third-order valence-corrected chi connectivity index (χ3v) is 7.10. The van der Waals surface area contributed by atoms with Crippen molar-refractivity contribution >= 4 is 22.6 Å². The van der Waals surface area contributed by atoms with E-state index in [-0.39, 0.29) is 23.8 Å². The lowest BCUT2D eigenvalue weighted by atomic mass is 9.77. The number of nitrogens with zero attached hydrogens (tertiary/aromatic N) is 2. The Morgan fingerprint density at radius 1 is 1.06 bits per heavy atom. The molecule has 6 nitrogen and oxygen atoms in total. The maximum Gasteiger partial charge on any atom is 0.449 e. The van der Waals surface area contributed by atoms with Gasteiger partial charge in [0.25, 0.3) is 5.56 Å². The Labute approximate surface area is 191 Å². The summed E-state index contributed by atoms with van der Waals surface area (Å²) in [4.78, 5) is 28.8. The number of carbonyl (C=O) groups excluding carboxylic acids is 1. The minimum Gasteiger partial charge on any atom is -0.461 e. The molecule has 2 aliphatic heterocycles. The number of halogens is 3.